The van der Waals surface area contributed by atoms with Gasteiger partial charge in [0.1, 0.15) is 6.10 Å². The van der Waals surface area contributed by atoms with Crippen LogP contribution in [-0.2, 0) is 19.1 Å². The van der Waals surface area contributed by atoms with Gasteiger partial charge in [0.2, 0.25) is 17.5 Å². The SMILES string of the molecule is C=CC(=O)NCCCCOC1C=C(c2ccc([N+](=O)[O-])cc2)C=CC1(N=Nc1ccccc1)OCCCCNC(=O)C=C. The number of non-ortho nitro benzene ring substituents is 1. The fraction of sp³-hybridized carbons (Fsp3) is 0.312. The number of nitro groups is 1. The van der Waals surface area contributed by atoms with Crippen molar-refractivity contribution >= 4 is 28.8 Å². The number of unbranched alkanes of at least 4 members (excludes halogenated alkanes) is 2. The van der Waals surface area contributed by atoms with Gasteiger partial charge in [-0.3, -0.25) is 19.7 Å². The molecular weight excluding hydrogens is 550 g/mol. The Labute approximate surface area is 251 Å². The highest BCUT2D eigenvalue weighted by atomic mass is 16.6. The van der Waals surface area contributed by atoms with Crippen LogP contribution in [0, 0.1) is 10.1 Å². The summed E-state index contributed by atoms with van der Waals surface area (Å²) in [6, 6.07) is 15.6. The van der Waals surface area contributed by atoms with Gasteiger partial charge in [0.15, 0.2) is 0 Å². The van der Waals surface area contributed by atoms with Crippen molar-refractivity contribution in [2.24, 2.45) is 10.2 Å². The van der Waals surface area contributed by atoms with Crippen molar-refractivity contribution in [3.63, 3.8) is 0 Å². The minimum Gasteiger partial charge on any atom is -0.369 e. The van der Waals surface area contributed by atoms with E-state index in [1.54, 1.807) is 18.2 Å². The van der Waals surface area contributed by atoms with E-state index in [1.807, 2.05) is 42.5 Å². The summed E-state index contributed by atoms with van der Waals surface area (Å²) in [4.78, 5) is 33.6. The third-order valence-corrected chi connectivity index (χ3v) is 6.47. The van der Waals surface area contributed by atoms with Crippen LogP contribution >= 0.6 is 0 Å². The highest BCUT2D eigenvalue weighted by Crippen LogP contribution is 2.35. The van der Waals surface area contributed by atoms with Crippen LogP contribution in [0.3, 0.4) is 0 Å². The molecule has 2 amide bonds. The largest absolute Gasteiger partial charge is 0.369 e. The lowest BCUT2D eigenvalue weighted by Crippen LogP contribution is -2.44. The Morgan fingerprint density at radius 1 is 0.930 bits per heavy atom. The molecule has 0 aromatic heterocycles. The van der Waals surface area contributed by atoms with Crippen molar-refractivity contribution in [1.29, 1.82) is 0 Å². The average molecular weight is 588 g/mol. The Hall–Kier alpha value is -4.74. The molecular formula is C32H37N5O6. The Balaban J connectivity index is 1.82. The average Bonchev–Trinajstić information content (AvgIpc) is 3.04. The number of carbonyl (C=O) groups excluding carboxylic acids is 2. The lowest BCUT2D eigenvalue weighted by Gasteiger charge is -2.35. The van der Waals surface area contributed by atoms with Crippen LogP contribution in [0.15, 0.2) is 108 Å². The zero-order valence-electron chi connectivity index (χ0n) is 24.0. The Bertz CT molecular complexity index is 1340. The molecule has 0 saturated heterocycles. The van der Waals surface area contributed by atoms with Crippen LogP contribution < -0.4 is 10.6 Å². The molecule has 0 radical (unpaired) electrons. The van der Waals surface area contributed by atoms with Gasteiger partial charge in [-0.25, -0.2) is 0 Å². The van der Waals surface area contributed by atoms with Crippen LogP contribution in [0.5, 0.6) is 0 Å². The van der Waals surface area contributed by atoms with Crippen molar-refractivity contribution in [1.82, 2.24) is 10.6 Å². The Kier molecular flexibility index (Phi) is 13.2. The summed E-state index contributed by atoms with van der Waals surface area (Å²) in [5.41, 5.74) is 0.919. The summed E-state index contributed by atoms with van der Waals surface area (Å²) in [6.07, 6.45) is 9.98. The van der Waals surface area contributed by atoms with E-state index in [0.29, 0.717) is 57.7 Å². The normalized spacial score (nSPS) is 17.7. The van der Waals surface area contributed by atoms with Crippen molar-refractivity contribution < 1.29 is 24.0 Å². The maximum atomic E-state index is 11.4. The van der Waals surface area contributed by atoms with Gasteiger partial charge in [0, 0.05) is 31.8 Å². The topological polar surface area (TPSA) is 145 Å². The highest BCUT2D eigenvalue weighted by molar-refractivity contribution is 5.87. The molecule has 0 saturated carbocycles. The van der Waals surface area contributed by atoms with Crippen molar-refractivity contribution in [2.45, 2.75) is 37.5 Å². The number of nitrogens with one attached hydrogen (secondary N) is 2. The van der Waals surface area contributed by atoms with Crippen molar-refractivity contribution in [3.8, 4) is 0 Å². The van der Waals surface area contributed by atoms with E-state index in [1.165, 1.54) is 24.3 Å². The molecule has 0 aliphatic heterocycles. The van der Waals surface area contributed by atoms with Gasteiger partial charge in [-0.05, 0) is 85.4 Å². The molecule has 0 fully saturated rings. The van der Waals surface area contributed by atoms with E-state index < -0.39 is 16.8 Å². The van der Waals surface area contributed by atoms with Gasteiger partial charge in [0.25, 0.3) is 5.69 Å². The first-order valence-electron chi connectivity index (χ1n) is 14.1. The van der Waals surface area contributed by atoms with Crippen LogP contribution in [-0.4, -0.2) is 54.9 Å². The Morgan fingerprint density at radius 3 is 2.16 bits per heavy atom. The van der Waals surface area contributed by atoms with E-state index >= 15 is 0 Å². The summed E-state index contributed by atoms with van der Waals surface area (Å²) in [5, 5.41) is 25.7. The standard InChI is InChI=1S/C32H37N5O6/c1-3-30(38)33-20-8-10-22-42-29-24-26(25-14-16-28(17-15-25)37(40)41)18-19-32(29,36-35-27-12-6-5-7-13-27)43-23-11-9-21-34-31(39)4-2/h3-7,12-19,24,29H,1-2,8-11,20-23H2,(H,33,38)(H,34,39). The minimum absolute atomic E-state index is 0.000828. The highest BCUT2D eigenvalue weighted by Gasteiger charge is 2.40. The quantitative estimate of drug-likeness (QED) is 0.0764. The van der Waals surface area contributed by atoms with E-state index in [0.717, 1.165) is 11.1 Å². The Morgan fingerprint density at radius 2 is 1.56 bits per heavy atom. The molecule has 0 spiro atoms. The smallest absolute Gasteiger partial charge is 0.269 e. The number of nitro benzene ring substituents is 1. The van der Waals surface area contributed by atoms with Crippen LogP contribution in [0.2, 0.25) is 0 Å². The maximum absolute atomic E-state index is 11.4. The molecule has 11 heteroatoms. The summed E-state index contributed by atoms with van der Waals surface area (Å²) in [5.74, 6) is -0.461. The second kappa shape index (κ2) is 17.3. The molecule has 43 heavy (non-hydrogen) atoms. The van der Waals surface area contributed by atoms with Crippen LogP contribution in [0.25, 0.3) is 5.57 Å². The number of azo groups is 1. The predicted octanol–water partition coefficient (Wildman–Crippen LogP) is 5.59. The third kappa shape index (κ3) is 10.6. The maximum Gasteiger partial charge on any atom is 0.269 e. The number of allylic oxidation sites excluding steroid dienone is 2. The first kappa shape index (κ1) is 32.8. The first-order valence-corrected chi connectivity index (χ1v) is 14.1. The van der Waals surface area contributed by atoms with E-state index in [4.69, 9.17) is 9.47 Å². The van der Waals surface area contributed by atoms with Gasteiger partial charge in [-0.15, -0.1) is 5.11 Å². The molecule has 0 bridgehead atoms. The minimum atomic E-state index is -1.29. The molecule has 2 aromatic carbocycles. The number of amides is 2. The predicted molar refractivity (Wildman–Crippen MR) is 164 cm³/mol. The monoisotopic (exact) mass is 587 g/mol. The number of hydrogen-bond donors (Lipinski definition) is 2. The molecule has 1 aliphatic rings. The van der Waals surface area contributed by atoms with Gasteiger partial charge in [-0.1, -0.05) is 37.4 Å². The number of nitrogens with zero attached hydrogens (tertiary/aromatic N) is 3. The summed E-state index contributed by atoms with van der Waals surface area (Å²) >= 11 is 0. The number of benzene rings is 2. The van der Waals surface area contributed by atoms with Crippen molar-refractivity contribution in [3.05, 3.63) is 114 Å². The lowest BCUT2D eigenvalue weighted by molar-refractivity contribution is -0.384. The number of carbonyl (C=O) groups is 2. The second-order valence-electron chi connectivity index (χ2n) is 9.59. The van der Waals surface area contributed by atoms with Crippen LogP contribution in [0.4, 0.5) is 11.4 Å². The summed E-state index contributed by atoms with van der Waals surface area (Å²) in [7, 11) is 0. The fourth-order valence-corrected chi connectivity index (χ4v) is 4.13. The van der Waals surface area contributed by atoms with E-state index in [9.17, 15) is 19.7 Å². The molecule has 2 unspecified atom stereocenters. The second-order valence-corrected chi connectivity index (χ2v) is 9.59. The van der Waals surface area contributed by atoms with E-state index in [2.05, 4.69) is 34.0 Å². The van der Waals surface area contributed by atoms with Crippen LogP contribution in [0.1, 0.15) is 31.2 Å². The summed E-state index contributed by atoms with van der Waals surface area (Å²) in [6.45, 7) is 8.54. The molecule has 2 aromatic rings. The zero-order valence-corrected chi connectivity index (χ0v) is 24.0. The lowest BCUT2D eigenvalue weighted by atomic mass is 9.92. The van der Waals surface area contributed by atoms with Gasteiger partial charge in [0.05, 0.1) is 17.2 Å². The third-order valence-electron chi connectivity index (χ3n) is 6.47. The van der Waals surface area contributed by atoms with Gasteiger partial charge in [-0.2, -0.15) is 5.11 Å². The van der Waals surface area contributed by atoms with E-state index in [-0.39, 0.29) is 17.5 Å². The van der Waals surface area contributed by atoms with Crippen molar-refractivity contribution in [2.75, 3.05) is 26.3 Å². The zero-order chi connectivity index (χ0) is 30.9. The summed E-state index contributed by atoms with van der Waals surface area (Å²) < 4.78 is 12.7. The molecule has 1 aliphatic carbocycles. The molecule has 2 N–H and O–H groups in total. The molecule has 226 valence electrons. The molecule has 0 heterocycles. The number of hydrogen-bond acceptors (Lipinski definition) is 8. The molecule has 11 nitrogen and oxygen atoms in total. The van der Waals surface area contributed by atoms with Gasteiger partial charge >= 0.3 is 0 Å². The molecule has 2 atom stereocenters. The fourth-order valence-electron chi connectivity index (χ4n) is 4.13. The first-order chi connectivity index (χ1) is 20.9. The number of rotatable bonds is 18. The number of ether oxygens (including phenoxy) is 2. The molecule has 3 rings (SSSR count). The van der Waals surface area contributed by atoms with Gasteiger partial charge < -0.3 is 20.1 Å².